The molecule has 1 aliphatic rings. The van der Waals surface area contributed by atoms with Crippen LogP contribution in [0.1, 0.15) is 30.1 Å². The summed E-state index contributed by atoms with van der Waals surface area (Å²) in [5.41, 5.74) is 0.929. The summed E-state index contributed by atoms with van der Waals surface area (Å²) in [4.78, 5) is 11.1. The summed E-state index contributed by atoms with van der Waals surface area (Å²) >= 11 is 0. The maximum atomic E-state index is 11.1. The number of hydrogen-bond donors (Lipinski definition) is 2. The number of ether oxygens (including phenoxy) is 1. The molecule has 5 heteroatoms. The molecule has 2 unspecified atom stereocenters. The molecule has 2 rings (SSSR count). The third-order valence-corrected chi connectivity index (χ3v) is 3.51. The first-order valence-electron chi connectivity index (χ1n) is 6.00. The zero-order valence-electron chi connectivity index (χ0n) is 10.5. The fourth-order valence-corrected chi connectivity index (χ4v) is 2.02. The molecule has 0 aliphatic heterocycles. The van der Waals surface area contributed by atoms with Crippen LogP contribution in [-0.4, -0.2) is 29.4 Å². The average Bonchev–Trinajstić information content (AvgIpc) is 3.26. The van der Waals surface area contributed by atoms with Crippen molar-refractivity contribution in [2.45, 2.75) is 30.5 Å². The molecule has 0 aromatic heterocycles. The van der Waals surface area contributed by atoms with Crippen LogP contribution in [0.4, 0.5) is 0 Å². The van der Waals surface area contributed by atoms with Crippen molar-refractivity contribution in [3.8, 4) is 6.07 Å². The first-order chi connectivity index (χ1) is 9.04. The van der Waals surface area contributed by atoms with Gasteiger partial charge in [-0.15, -0.1) is 0 Å². The zero-order valence-corrected chi connectivity index (χ0v) is 10.5. The van der Waals surface area contributed by atoms with Crippen molar-refractivity contribution in [1.29, 1.82) is 5.26 Å². The Morgan fingerprint density at radius 3 is 2.37 bits per heavy atom. The van der Waals surface area contributed by atoms with Crippen LogP contribution < -0.4 is 0 Å². The fraction of sp³-hybridized carbons (Fsp3) is 0.429. The number of aliphatic hydroxyl groups excluding tert-OH is 2. The van der Waals surface area contributed by atoms with Crippen molar-refractivity contribution < 1.29 is 19.7 Å². The van der Waals surface area contributed by atoms with Gasteiger partial charge in [0.25, 0.3) is 0 Å². The topological polar surface area (TPSA) is 90.6 Å². The number of esters is 1. The molecule has 1 saturated carbocycles. The molecule has 1 aromatic rings. The summed E-state index contributed by atoms with van der Waals surface area (Å²) in [5.74, 6) is -0.882. The van der Waals surface area contributed by atoms with Gasteiger partial charge in [0.15, 0.2) is 6.10 Å². The summed E-state index contributed by atoms with van der Waals surface area (Å²) in [5, 5.41) is 28.5. The number of carbonyl (C=O) groups excluding carboxylic acids is 1. The quantitative estimate of drug-likeness (QED) is 0.783. The van der Waals surface area contributed by atoms with Crippen LogP contribution in [0.2, 0.25) is 0 Å². The summed E-state index contributed by atoms with van der Waals surface area (Å²) in [6.45, 7) is 0. The lowest BCUT2D eigenvalue weighted by atomic mass is 9.94. The summed E-state index contributed by atoms with van der Waals surface area (Å²) in [7, 11) is 1.14. The van der Waals surface area contributed by atoms with E-state index in [4.69, 9.17) is 5.26 Å². The Bertz CT molecular complexity index is 513. The molecule has 0 saturated heterocycles. The van der Waals surface area contributed by atoms with Crippen LogP contribution in [0.25, 0.3) is 0 Å². The summed E-state index contributed by atoms with van der Waals surface area (Å²) in [6.07, 6.45) is -1.26. The largest absolute Gasteiger partial charge is 0.467 e. The first kappa shape index (κ1) is 13.5. The second kappa shape index (κ2) is 5.00. The van der Waals surface area contributed by atoms with Crippen molar-refractivity contribution in [3.05, 3.63) is 35.4 Å². The van der Waals surface area contributed by atoms with Crippen molar-refractivity contribution in [2.24, 2.45) is 0 Å². The normalized spacial score (nSPS) is 19.1. The zero-order chi connectivity index (χ0) is 14.0. The van der Waals surface area contributed by atoms with Crippen LogP contribution in [0.15, 0.2) is 24.3 Å². The monoisotopic (exact) mass is 261 g/mol. The van der Waals surface area contributed by atoms with Gasteiger partial charge in [-0.3, -0.25) is 0 Å². The van der Waals surface area contributed by atoms with E-state index in [1.165, 1.54) is 0 Å². The molecule has 0 spiro atoms. The molecule has 2 atom stereocenters. The molecule has 1 aliphatic carbocycles. The number of nitrogens with zero attached hydrogens (tertiary/aromatic N) is 1. The third kappa shape index (κ3) is 2.46. The van der Waals surface area contributed by atoms with Crippen molar-refractivity contribution in [2.75, 3.05) is 7.11 Å². The van der Waals surface area contributed by atoms with Gasteiger partial charge >= 0.3 is 5.97 Å². The highest BCUT2D eigenvalue weighted by molar-refractivity contribution is 5.75. The van der Waals surface area contributed by atoms with Gasteiger partial charge < -0.3 is 14.9 Å². The van der Waals surface area contributed by atoms with Crippen LogP contribution in [0, 0.1) is 11.3 Å². The molecule has 1 aromatic carbocycles. The van der Waals surface area contributed by atoms with E-state index >= 15 is 0 Å². The first-order valence-corrected chi connectivity index (χ1v) is 6.00. The lowest BCUT2D eigenvalue weighted by Crippen LogP contribution is -2.29. The number of hydrogen-bond acceptors (Lipinski definition) is 5. The molecule has 0 amide bonds. The highest BCUT2D eigenvalue weighted by Gasteiger charge is 2.44. The van der Waals surface area contributed by atoms with Crippen LogP contribution in [-0.2, 0) is 14.9 Å². The SMILES string of the molecule is COC(=O)C(O)C(O)c1ccc(C2(C#N)CC2)cc1. The molecule has 5 nitrogen and oxygen atoms in total. The second-order valence-electron chi connectivity index (χ2n) is 4.73. The van der Waals surface area contributed by atoms with Gasteiger partial charge in [-0.2, -0.15) is 5.26 Å². The predicted molar refractivity (Wildman–Crippen MR) is 65.9 cm³/mol. The van der Waals surface area contributed by atoms with E-state index in [2.05, 4.69) is 10.8 Å². The lowest BCUT2D eigenvalue weighted by Gasteiger charge is -2.16. The number of rotatable bonds is 4. The minimum Gasteiger partial charge on any atom is -0.467 e. The molecule has 2 N–H and O–H groups in total. The van der Waals surface area contributed by atoms with Gasteiger partial charge in [0.1, 0.15) is 6.10 Å². The van der Waals surface area contributed by atoms with Crippen molar-refractivity contribution >= 4 is 5.97 Å². The maximum Gasteiger partial charge on any atom is 0.337 e. The average molecular weight is 261 g/mol. The Hall–Kier alpha value is -1.90. The highest BCUT2D eigenvalue weighted by Crippen LogP contribution is 2.47. The van der Waals surface area contributed by atoms with E-state index in [0.29, 0.717) is 5.56 Å². The molecular weight excluding hydrogens is 246 g/mol. The van der Waals surface area contributed by atoms with Crippen molar-refractivity contribution in [1.82, 2.24) is 0 Å². The predicted octanol–water partition coefficient (Wildman–Crippen LogP) is 0.809. The van der Waals surface area contributed by atoms with E-state index in [1.54, 1.807) is 24.3 Å². The van der Waals surface area contributed by atoms with E-state index in [1.807, 2.05) is 0 Å². The van der Waals surface area contributed by atoms with Gasteiger partial charge in [0.05, 0.1) is 18.6 Å². The molecule has 0 radical (unpaired) electrons. The van der Waals surface area contributed by atoms with E-state index in [0.717, 1.165) is 25.5 Å². The van der Waals surface area contributed by atoms with Crippen molar-refractivity contribution in [3.63, 3.8) is 0 Å². The Kier molecular flexibility index (Phi) is 3.56. The maximum absolute atomic E-state index is 11.1. The van der Waals surface area contributed by atoms with Crippen LogP contribution in [0.3, 0.4) is 0 Å². The molecule has 0 heterocycles. The van der Waals surface area contributed by atoms with Crippen LogP contribution in [0.5, 0.6) is 0 Å². The van der Waals surface area contributed by atoms with Gasteiger partial charge in [0, 0.05) is 0 Å². The Balaban J connectivity index is 2.15. The van der Waals surface area contributed by atoms with E-state index in [-0.39, 0.29) is 5.41 Å². The van der Waals surface area contributed by atoms with Gasteiger partial charge in [-0.05, 0) is 24.0 Å². The van der Waals surface area contributed by atoms with Gasteiger partial charge in [-0.25, -0.2) is 4.79 Å². The fourth-order valence-electron chi connectivity index (χ4n) is 2.02. The summed E-state index contributed by atoms with van der Waals surface area (Å²) in [6, 6.07) is 9.01. The Morgan fingerprint density at radius 1 is 1.37 bits per heavy atom. The number of methoxy groups -OCH3 is 1. The molecule has 0 bridgehead atoms. The van der Waals surface area contributed by atoms with Crippen LogP contribution >= 0.6 is 0 Å². The molecular formula is C14H15NO4. The highest BCUT2D eigenvalue weighted by atomic mass is 16.5. The minimum atomic E-state index is -1.61. The van der Waals surface area contributed by atoms with E-state index < -0.39 is 18.2 Å². The number of carbonyl (C=O) groups is 1. The molecule has 19 heavy (non-hydrogen) atoms. The minimum absolute atomic E-state index is 0.384. The summed E-state index contributed by atoms with van der Waals surface area (Å²) < 4.78 is 4.37. The lowest BCUT2D eigenvalue weighted by molar-refractivity contribution is -0.156. The standard InChI is InChI=1S/C14H15NO4/c1-19-13(18)12(17)11(16)9-2-4-10(5-3-9)14(8-15)6-7-14/h2-5,11-12,16-17H,6-7H2,1H3. The third-order valence-electron chi connectivity index (χ3n) is 3.51. The molecule has 1 fully saturated rings. The second-order valence-corrected chi connectivity index (χ2v) is 4.73. The Labute approximate surface area is 111 Å². The Morgan fingerprint density at radius 2 is 1.95 bits per heavy atom. The van der Waals surface area contributed by atoms with Gasteiger partial charge in [-0.1, -0.05) is 24.3 Å². The smallest absolute Gasteiger partial charge is 0.337 e. The number of benzene rings is 1. The number of aliphatic hydroxyl groups is 2. The number of nitriles is 1. The molecule has 100 valence electrons. The van der Waals surface area contributed by atoms with Gasteiger partial charge in [0.2, 0.25) is 0 Å². The van der Waals surface area contributed by atoms with E-state index in [9.17, 15) is 15.0 Å².